The molecule has 0 saturated carbocycles. The molecule has 0 aromatic heterocycles. The molecule has 0 aliphatic carbocycles. The first kappa shape index (κ1) is 20.8. The van der Waals surface area contributed by atoms with Crippen molar-refractivity contribution in [2.75, 3.05) is 45.3 Å². The van der Waals surface area contributed by atoms with Gasteiger partial charge in [-0.25, -0.2) is 4.79 Å². The monoisotopic (exact) mass is 404 g/mol. The highest BCUT2D eigenvalue weighted by atomic mass is 16.5. The molecule has 2 heterocycles. The lowest BCUT2D eigenvalue weighted by molar-refractivity contribution is -0.127. The summed E-state index contributed by atoms with van der Waals surface area (Å²) in [4.78, 5) is 39.6. The number of hydrogen-bond donors (Lipinski definition) is 2. The molecule has 1 atom stereocenters. The van der Waals surface area contributed by atoms with E-state index in [2.05, 4.69) is 10.6 Å². The van der Waals surface area contributed by atoms with Crippen LogP contribution in [-0.4, -0.2) is 69.2 Å². The second-order valence-corrected chi connectivity index (χ2v) is 7.18. The zero-order valence-corrected chi connectivity index (χ0v) is 16.9. The fourth-order valence-corrected chi connectivity index (χ4v) is 3.70. The van der Waals surface area contributed by atoms with Gasteiger partial charge >= 0.3 is 6.03 Å². The van der Waals surface area contributed by atoms with Crippen LogP contribution in [0.4, 0.5) is 10.5 Å². The molecule has 2 aliphatic heterocycles. The van der Waals surface area contributed by atoms with Crippen molar-refractivity contribution in [3.63, 3.8) is 0 Å². The summed E-state index contributed by atoms with van der Waals surface area (Å²) < 4.78 is 10.5. The predicted molar refractivity (Wildman–Crippen MR) is 107 cm³/mol. The normalized spacial score (nSPS) is 18.9. The molecule has 0 spiro atoms. The molecule has 0 bridgehead atoms. The number of nitrogens with one attached hydrogen (secondary N) is 2. The fourth-order valence-electron chi connectivity index (χ4n) is 3.70. The van der Waals surface area contributed by atoms with Gasteiger partial charge in [0, 0.05) is 50.8 Å². The summed E-state index contributed by atoms with van der Waals surface area (Å²) in [6.07, 6.45) is 2.49. The Morgan fingerprint density at radius 3 is 2.66 bits per heavy atom. The minimum atomic E-state index is -0.301. The number of urea groups is 1. The highest BCUT2D eigenvalue weighted by molar-refractivity contribution is 5.97. The van der Waals surface area contributed by atoms with Crippen LogP contribution in [0.5, 0.6) is 11.5 Å². The minimum Gasteiger partial charge on any atom is -0.493 e. The van der Waals surface area contributed by atoms with Gasteiger partial charge in [0.2, 0.25) is 11.8 Å². The van der Waals surface area contributed by atoms with Gasteiger partial charge in [0.25, 0.3) is 0 Å². The summed E-state index contributed by atoms with van der Waals surface area (Å²) >= 11 is 0. The Hall–Kier alpha value is -2.97. The summed E-state index contributed by atoms with van der Waals surface area (Å²) in [5.74, 6) is 1.26. The minimum absolute atomic E-state index is 0.0601. The molecule has 2 aliphatic rings. The van der Waals surface area contributed by atoms with Crippen molar-refractivity contribution in [3.05, 3.63) is 18.2 Å². The third kappa shape index (κ3) is 5.10. The molecule has 9 nitrogen and oxygen atoms in total. The number of carbonyl (C=O) groups excluding carboxylic acids is 3. The Labute approximate surface area is 170 Å². The quantitative estimate of drug-likeness (QED) is 0.633. The van der Waals surface area contributed by atoms with Gasteiger partial charge in [-0.1, -0.05) is 0 Å². The van der Waals surface area contributed by atoms with Gasteiger partial charge in [0.05, 0.1) is 20.3 Å². The van der Waals surface area contributed by atoms with Gasteiger partial charge in [-0.05, 0) is 25.0 Å². The van der Waals surface area contributed by atoms with E-state index in [0.717, 1.165) is 13.0 Å². The third-order valence-corrected chi connectivity index (χ3v) is 5.20. The van der Waals surface area contributed by atoms with Crippen molar-refractivity contribution in [1.29, 1.82) is 0 Å². The van der Waals surface area contributed by atoms with Crippen LogP contribution >= 0.6 is 0 Å². The molecule has 29 heavy (non-hydrogen) atoms. The number of benzene rings is 1. The van der Waals surface area contributed by atoms with Crippen LogP contribution in [-0.2, 0) is 9.59 Å². The topological polar surface area (TPSA) is 100 Å². The number of anilines is 1. The third-order valence-electron chi connectivity index (χ3n) is 5.20. The number of nitrogens with zero attached hydrogens (tertiary/aromatic N) is 2. The van der Waals surface area contributed by atoms with Crippen molar-refractivity contribution < 1.29 is 23.9 Å². The molecule has 3 rings (SSSR count). The lowest BCUT2D eigenvalue weighted by Gasteiger charge is -2.19. The number of rotatable bonds is 8. The highest BCUT2D eigenvalue weighted by Gasteiger charge is 2.32. The fraction of sp³-hybridized carbons (Fsp3) is 0.550. The van der Waals surface area contributed by atoms with E-state index in [-0.39, 0.29) is 30.3 Å². The Balaban J connectivity index is 1.45. The van der Waals surface area contributed by atoms with E-state index in [4.69, 9.17) is 9.47 Å². The number of likely N-dealkylation sites (tertiary alicyclic amines) is 1. The Bertz CT molecular complexity index is 769. The van der Waals surface area contributed by atoms with Gasteiger partial charge in [0.15, 0.2) is 11.5 Å². The molecule has 2 N–H and O–H groups in total. The van der Waals surface area contributed by atoms with Crippen LogP contribution in [0.25, 0.3) is 0 Å². The average Bonchev–Trinajstić information content (AvgIpc) is 3.29. The largest absolute Gasteiger partial charge is 0.493 e. The maximum atomic E-state index is 12.4. The summed E-state index contributed by atoms with van der Waals surface area (Å²) in [6.45, 7) is 2.34. The van der Waals surface area contributed by atoms with Gasteiger partial charge in [-0.15, -0.1) is 0 Å². The first-order valence-corrected chi connectivity index (χ1v) is 9.86. The average molecular weight is 404 g/mol. The second-order valence-electron chi connectivity index (χ2n) is 7.18. The Morgan fingerprint density at radius 1 is 1.17 bits per heavy atom. The first-order chi connectivity index (χ1) is 14.0. The van der Waals surface area contributed by atoms with Crippen LogP contribution < -0.4 is 25.0 Å². The zero-order chi connectivity index (χ0) is 20.8. The lowest BCUT2D eigenvalue weighted by Crippen LogP contribution is -2.44. The van der Waals surface area contributed by atoms with E-state index < -0.39 is 0 Å². The molecule has 1 aromatic carbocycles. The van der Waals surface area contributed by atoms with Crippen molar-refractivity contribution in [1.82, 2.24) is 15.5 Å². The summed E-state index contributed by atoms with van der Waals surface area (Å²) in [6, 6.07) is 4.72. The van der Waals surface area contributed by atoms with Gasteiger partial charge < -0.3 is 29.9 Å². The van der Waals surface area contributed by atoms with E-state index in [9.17, 15) is 14.4 Å². The van der Waals surface area contributed by atoms with Gasteiger partial charge in [-0.3, -0.25) is 9.59 Å². The number of methoxy groups -OCH3 is 2. The number of carbonyl (C=O) groups is 3. The first-order valence-electron chi connectivity index (χ1n) is 9.86. The van der Waals surface area contributed by atoms with Crippen molar-refractivity contribution in [2.45, 2.75) is 31.7 Å². The van der Waals surface area contributed by atoms with Crippen LogP contribution in [0.1, 0.15) is 25.7 Å². The summed E-state index contributed by atoms with van der Waals surface area (Å²) in [7, 11) is 3.10. The van der Waals surface area contributed by atoms with Gasteiger partial charge in [-0.2, -0.15) is 0 Å². The summed E-state index contributed by atoms with van der Waals surface area (Å²) in [5, 5.41) is 5.65. The molecule has 4 amide bonds. The van der Waals surface area contributed by atoms with Gasteiger partial charge in [0.1, 0.15) is 0 Å². The molecule has 0 unspecified atom stereocenters. The van der Waals surface area contributed by atoms with Crippen molar-refractivity contribution in [3.8, 4) is 11.5 Å². The van der Waals surface area contributed by atoms with Crippen molar-refractivity contribution >= 4 is 23.5 Å². The molecule has 158 valence electrons. The highest BCUT2D eigenvalue weighted by Crippen LogP contribution is 2.33. The number of ether oxygens (including phenoxy) is 2. The molecule has 1 aromatic rings. The van der Waals surface area contributed by atoms with E-state index in [1.807, 2.05) is 4.90 Å². The maximum absolute atomic E-state index is 12.4. The predicted octanol–water partition coefficient (Wildman–Crippen LogP) is 1.12. The zero-order valence-electron chi connectivity index (χ0n) is 16.9. The van der Waals surface area contributed by atoms with E-state index in [1.54, 1.807) is 37.3 Å². The van der Waals surface area contributed by atoms with Crippen molar-refractivity contribution in [2.24, 2.45) is 0 Å². The standard InChI is InChI=1S/C20H28N4O5/c1-28-16-7-6-15(12-17(16)29-2)24-13-14(11-19(24)26)22-20(27)21-8-4-10-23-9-3-5-18(23)25/h6-7,12,14H,3-5,8-11,13H2,1-2H3,(H2,21,22,27)/t14-/m0/s1. The molecule has 2 fully saturated rings. The number of hydrogen-bond acceptors (Lipinski definition) is 5. The van der Waals surface area contributed by atoms with Crippen LogP contribution in [0.3, 0.4) is 0 Å². The smallest absolute Gasteiger partial charge is 0.315 e. The van der Waals surface area contributed by atoms with Crippen LogP contribution in [0.2, 0.25) is 0 Å². The second kappa shape index (κ2) is 9.49. The van der Waals surface area contributed by atoms with Crippen LogP contribution in [0.15, 0.2) is 18.2 Å². The molecule has 0 radical (unpaired) electrons. The molecule has 2 saturated heterocycles. The van der Waals surface area contributed by atoms with E-state index in [1.165, 1.54) is 0 Å². The maximum Gasteiger partial charge on any atom is 0.315 e. The molecular formula is C20H28N4O5. The van der Waals surface area contributed by atoms with Crippen LogP contribution in [0, 0.1) is 0 Å². The van der Waals surface area contributed by atoms with E-state index in [0.29, 0.717) is 49.7 Å². The lowest BCUT2D eigenvalue weighted by atomic mass is 10.2. The molecule has 9 heteroatoms. The Kier molecular flexibility index (Phi) is 6.79. The Morgan fingerprint density at radius 2 is 1.97 bits per heavy atom. The number of amides is 4. The SMILES string of the molecule is COc1ccc(N2C[C@@H](NC(=O)NCCCN3CCCC3=O)CC2=O)cc1OC. The molecular weight excluding hydrogens is 376 g/mol. The summed E-state index contributed by atoms with van der Waals surface area (Å²) in [5.41, 5.74) is 0.702. The van der Waals surface area contributed by atoms with E-state index >= 15 is 0 Å².